The van der Waals surface area contributed by atoms with E-state index in [1.165, 1.54) is 12.1 Å². The molecule has 1 aliphatic heterocycles. The van der Waals surface area contributed by atoms with Crippen LogP contribution in [-0.2, 0) is 9.59 Å². The van der Waals surface area contributed by atoms with Crippen molar-refractivity contribution in [2.75, 3.05) is 16.9 Å². The van der Waals surface area contributed by atoms with Gasteiger partial charge < -0.3 is 10.6 Å². The Kier molecular flexibility index (Phi) is 4.34. The van der Waals surface area contributed by atoms with E-state index in [1.54, 1.807) is 17.8 Å². The van der Waals surface area contributed by atoms with Crippen LogP contribution in [0.1, 0.15) is 17.9 Å². The summed E-state index contributed by atoms with van der Waals surface area (Å²) in [6.45, 7) is 0. The van der Waals surface area contributed by atoms with E-state index in [4.69, 9.17) is 0 Å². The van der Waals surface area contributed by atoms with Gasteiger partial charge in [0.1, 0.15) is 5.82 Å². The van der Waals surface area contributed by atoms with Gasteiger partial charge in [0.2, 0.25) is 11.8 Å². The first-order chi connectivity index (χ1) is 11.1. The van der Waals surface area contributed by atoms with E-state index in [9.17, 15) is 14.0 Å². The van der Waals surface area contributed by atoms with Crippen molar-refractivity contribution in [3.8, 4) is 0 Å². The Morgan fingerprint density at radius 3 is 2.70 bits per heavy atom. The molecule has 0 aliphatic carbocycles. The maximum Gasteiger partial charge on any atom is 0.232 e. The van der Waals surface area contributed by atoms with Crippen molar-refractivity contribution in [3.63, 3.8) is 0 Å². The fourth-order valence-electron chi connectivity index (χ4n) is 2.57. The van der Waals surface area contributed by atoms with Gasteiger partial charge in [-0.2, -0.15) is 0 Å². The Balaban J connectivity index is 1.83. The fourth-order valence-corrected chi connectivity index (χ4v) is 2.98. The number of rotatable bonds is 3. The predicted octanol–water partition coefficient (Wildman–Crippen LogP) is 3.61. The van der Waals surface area contributed by atoms with Crippen molar-refractivity contribution in [2.24, 2.45) is 0 Å². The molecule has 4 nitrogen and oxygen atoms in total. The fraction of sp³-hybridized carbons (Fsp3) is 0.176. The number of halogens is 1. The van der Waals surface area contributed by atoms with Gasteiger partial charge >= 0.3 is 0 Å². The molecule has 1 aliphatic rings. The molecule has 0 spiro atoms. The van der Waals surface area contributed by atoms with Gasteiger partial charge in [-0.05, 0) is 48.2 Å². The third-order valence-corrected chi connectivity index (χ3v) is 4.47. The second-order valence-electron chi connectivity index (χ2n) is 5.25. The van der Waals surface area contributed by atoms with Crippen molar-refractivity contribution in [3.05, 3.63) is 53.8 Å². The number of nitrogens with one attached hydrogen (secondary N) is 2. The molecule has 0 radical (unpaired) electrons. The van der Waals surface area contributed by atoms with E-state index in [0.717, 1.165) is 4.90 Å². The van der Waals surface area contributed by atoms with Crippen LogP contribution in [0.15, 0.2) is 47.4 Å². The summed E-state index contributed by atoms with van der Waals surface area (Å²) in [4.78, 5) is 25.4. The first-order valence-corrected chi connectivity index (χ1v) is 8.33. The topological polar surface area (TPSA) is 58.2 Å². The Morgan fingerprint density at radius 2 is 2.00 bits per heavy atom. The molecule has 0 saturated heterocycles. The van der Waals surface area contributed by atoms with E-state index < -0.39 is 11.7 Å². The summed E-state index contributed by atoms with van der Waals surface area (Å²) in [5, 5.41) is 5.42. The van der Waals surface area contributed by atoms with Gasteiger partial charge in [0.15, 0.2) is 0 Å². The summed E-state index contributed by atoms with van der Waals surface area (Å²) < 4.78 is 13.3. The zero-order valence-corrected chi connectivity index (χ0v) is 13.2. The average molecular weight is 330 g/mol. The van der Waals surface area contributed by atoms with Crippen LogP contribution in [0.2, 0.25) is 0 Å². The van der Waals surface area contributed by atoms with Crippen molar-refractivity contribution in [2.45, 2.75) is 17.2 Å². The Labute approximate surface area is 137 Å². The molecule has 6 heteroatoms. The summed E-state index contributed by atoms with van der Waals surface area (Å²) in [6.07, 6.45) is 2.03. The molecule has 0 bridgehead atoms. The van der Waals surface area contributed by atoms with Crippen LogP contribution in [0.5, 0.6) is 0 Å². The minimum atomic E-state index is -0.625. The lowest BCUT2D eigenvalue weighted by Gasteiger charge is -2.24. The van der Waals surface area contributed by atoms with Crippen LogP contribution in [0.3, 0.4) is 0 Å². The van der Waals surface area contributed by atoms with Crippen LogP contribution in [0.4, 0.5) is 15.8 Å². The van der Waals surface area contributed by atoms with Crippen LogP contribution in [0.25, 0.3) is 0 Å². The van der Waals surface area contributed by atoms with Gasteiger partial charge in [-0.1, -0.05) is 6.07 Å². The van der Waals surface area contributed by atoms with Gasteiger partial charge in [-0.25, -0.2) is 4.39 Å². The molecule has 0 saturated carbocycles. The highest BCUT2D eigenvalue weighted by atomic mass is 32.2. The summed E-state index contributed by atoms with van der Waals surface area (Å²) in [5.74, 6) is -1.64. The van der Waals surface area contributed by atoms with E-state index in [1.807, 2.05) is 30.5 Å². The first kappa shape index (κ1) is 15.6. The minimum absolute atomic E-state index is 0.0490. The predicted molar refractivity (Wildman–Crippen MR) is 89.2 cm³/mol. The molecule has 2 aromatic carbocycles. The Hall–Kier alpha value is -2.34. The number of fused-ring (bicyclic) bond motifs is 1. The third kappa shape index (κ3) is 3.37. The summed E-state index contributed by atoms with van der Waals surface area (Å²) in [7, 11) is 0. The molecule has 3 rings (SSSR count). The Morgan fingerprint density at radius 1 is 1.26 bits per heavy atom. The molecule has 2 aromatic rings. The lowest BCUT2D eigenvalue weighted by Crippen LogP contribution is -2.30. The van der Waals surface area contributed by atoms with Crippen LogP contribution >= 0.6 is 11.8 Å². The highest BCUT2D eigenvalue weighted by molar-refractivity contribution is 7.98. The SMILES string of the molecule is CSc1ccc(NC(=O)[C@@H]2CC(=O)Nc3cc(F)ccc32)cc1. The van der Waals surface area contributed by atoms with Crippen LogP contribution in [0, 0.1) is 5.82 Å². The normalized spacial score (nSPS) is 16.4. The average Bonchev–Trinajstić information content (AvgIpc) is 2.54. The number of thioether (sulfide) groups is 1. The number of carbonyl (C=O) groups is 2. The van der Waals surface area contributed by atoms with Gasteiger partial charge in [0, 0.05) is 22.7 Å². The van der Waals surface area contributed by atoms with Crippen LogP contribution < -0.4 is 10.6 Å². The molecular weight excluding hydrogens is 315 g/mol. The van der Waals surface area contributed by atoms with E-state index >= 15 is 0 Å². The molecule has 1 atom stereocenters. The smallest absolute Gasteiger partial charge is 0.232 e. The quantitative estimate of drug-likeness (QED) is 0.845. The number of hydrogen-bond donors (Lipinski definition) is 2. The lowest BCUT2D eigenvalue weighted by atomic mass is 9.89. The molecular formula is C17H15FN2O2S. The number of benzene rings is 2. The second-order valence-corrected chi connectivity index (χ2v) is 6.13. The molecule has 1 heterocycles. The highest BCUT2D eigenvalue weighted by Crippen LogP contribution is 2.33. The molecule has 23 heavy (non-hydrogen) atoms. The summed E-state index contributed by atoms with van der Waals surface area (Å²) in [6, 6.07) is 11.5. The molecule has 0 fully saturated rings. The first-order valence-electron chi connectivity index (χ1n) is 7.11. The zero-order valence-electron chi connectivity index (χ0n) is 12.4. The van der Waals surface area contributed by atoms with Gasteiger partial charge in [-0.15, -0.1) is 11.8 Å². The minimum Gasteiger partial charge on any atom is -0.326 e. The van der Waals surface area contributed by atoms with Crippen molar-refractivity contribution < 1.29 is 14.0 Å². The number of carbonyl (C=O) groups excluding carboxylic acids is 2. The largest absolute Gasteiger partial charge is 0.326 e. The van der Waals surface area contributed by atoms with E-state index in [-0.39, 0.29) is 18.2 Å². The summed E-state index contributed by atoms with van der Waals surface area (Å²) in [5.41, 5.74) is 1.66. The third-order valence-electron chi connectivity index (χ3n) is 3.73. The zero-order chi connectivity index (χ0) is 16.4. The highest BCUT2D eigenvalue weighted by Gasteiger charge is 2.30. The molecule has 2 amide bonds. The lowest BCUT2D eigenvalue weighted by molar-refractivity contribution is -0.123. The maximum absolute atomic E-state index is 13.3. The van der Waals surface area contributed by atoms with Crippen LogP contribution in [-0.4, -0.2) is 18.1 Å². The number of amides is 2. The van der Waals surface area contributed by atoms with Crippen molar-refractivity contribution in [1.82, 2.24) is 0 Å². The number of anilines is 2. The van der Waals surface area contributed by atoms with Gasteiger partial charge in [-0.3, -0.25) is 9.59 Å². The second kappa shape index (κ2) is 6.42. The molecule has 2 N–H and O–H groups in total. The van der Waals surface area contributed by atoms with Gasteiger partial charge in [0.05, 0.1) is 5.92 Å². The monoisotopic (exact) mass is 330 g/mol. The number of hydrogen-bond acceptors (Lipinski definition) is 3. The summed E-state index contributed by atoms with van der Waals surface area (Å²) >= 11 is 1.62. The van der Waals surface area contributed by atoms with E-state index in [2.05, 4.69) is 10.6 Å². The van der Waals surface area contributed by atoms with Crippen molar-refractivity contribution in [1.29, 1.82) is 0 Å². The van der Waals surface area contributed by atoms with Gasteiger partial charge in [0.25, 0.3) is 0 Å². The molecule has 0 unspecified atom stereocenters. The molecule has 118 valence electrons. The Bertz CT molecular complexity index is 762. The standard InChI is InChI=1S/C17H15FN2O2S/c1-23-12-5-3-11(4-6-12)19-17(22)14-9-16(21)20-15-8-10(18)2-7-13(14)15/h2-8,14H,9H2,1H3,(H,19,22)(H,20,21)/t14-/m1/s1. The molecule has 0 aromatic heterocycles. The maximum atomic E-state index is 13.3. The van der Waals surface area contributed by atoms with E-state index in [0.29, 0.717) is 16.9 Å². The van der Waals surface area contributed by atoms with Crippen molar-refractivity contribution >= 4 is 35.0 Å².